The summed E-state index contributed by atoms with van der Waals surface area (Å²) in [5, 5.41) is 12.1. The van der Waals surface area contributed by atoms with Crippen LogP contribution in [0, 0.1) is 0 Å². The van der Waals surface area contributed by atoms with E-state index < -0.39 is 11.2 Å². The van der Waals surface area contributed by atoms with E-state index in [9.17, 15) is 14.4 Å². The third kappa shape index (κ3) is 5.09. The highest BCUT2D eigenvalue weighted by Gasteiger charge is 2.03. The third-order valence-corrected chi connectivity index (χ3v) is 2.87. The van der Waals surface area contributed by atoms with Crippen molar-refractivity contribution >= 4 is 17.9 Å². The van der Waals surface area contributed by atoms with E-state index in [1.54, 1.807) is 31.4 Å². The minimum absolute atomic E-state index is 0.0656. The van der Waals surface area contributed by atoms with Gasteiger partial charge in [-0.2, -0.15) is 5.10 Å². The van der Waals surface area contributed by atoms with Crippen molar-refractivity contribution in [3.05, 3.63) is 50.7 Å². The molecule has 1 aromatic heterocycles. The van der Waals surface area contributed by atoms with Gasteiger partial charge in [0.25, 0.3) is 5.56 Å². The van der Waals surface area contributed by atoms with Gasteiger partial charge >= 0.3 is 5.69 Å². The fourth-order valence-corrected chi connectivity index (χ4v) is 1.69. The molecule has 0 aliphatic heterocycles. The lowest BCUT2D eigenvalue weighted by molar-refractivity contribution is -0.120. The number of ether oxygens (including phenoxy) is 1. The zero-order valence-corrected chi connectivity index (χ0v) is 12.8. The first-order chi connectivity index (χ1) is 11.6. The second-order valence-electron chi connectivity index (χ2n) is 4.60. The second-order valence-corrected chi connectivity index (χ2v) is 4.60. The van der Waals surface area contributed by atoms with Gasteiger partial charge in [0.1, 0.15) is 5.75 Å². The Morgan fingerprint density at radius 3 is 2.75 bits per heavy atom. The molecule has 0 fully saturated rings. The van der Waals surface area contributed by atoms with Crippen molar-refractivity contribution in [2.45, 2.75) is 6.42 Å². The van der Waals surface area contributed by atoms with E-state index in [4.69, 9.17) is 4.74 Å². The third-order valence-electron chi connectivity index (χ3n) is 2.87. The molecule has 2 aromatic rings. The molecule has 10 nitrogen and oxygen atoms in total. The summed E-state index contributed by atoms with van der Waals surface area (Å²) in [6, 6.07) is 7.15. The lowest BCUT2D eigenvalue weighted by atomic mass is 10.2. The lowest BCUT2D eigenvalue weighted by Gasteiger charge is -2.03. The highest BCUT2D eigenvalue weighted by molar-refractivity contribution is 5.82. The number of nitrogens with one attached hydrogen (secondary N) is 4. The Morgan fingerprint density at radius 1 is 1.33 bits per heavy atom. The van der Waals surface area contributed by atoms with Gasteiger partial charge in [0.2, 0.25) is 11.7 Å². The molecule has 0 radical (unpaired) electrons. The van der Waals surface area contributed by atoms with Crippen LogP contribution >= 0.6 is 0 Å². The zero-order chi connectivity index (χ0) is 17.4. The molecular weight excluding hydrogens is 316 g/mol. The van der Waals surface area contributed by atoms with E-state index in [1.165, 1.54) is 6.21 Å². The van der Waals surface area contributed by atoms with E-state index in [-0.39, 0.29) is 24.7 Å². The topological polar surface area (TPSA) is 141 Å². The van der Waals surface area contributed by atoms with Crippen LogP contribution in [0.2, 0.25) is 0 Å². The minimum Gasteiger partial charge on any atom is -0.497 e. The number of aromatic amines is 2. The summed E-state index contributed by atoms with van der Waals surface area (Å²) in [6.45, 7) is 0.159. The normalized spacial score (nSPS) is 10.5. The molecule has 1 amide bonds. The van der Waals surface area contributed by atoms with Crippen molar-refractivity contribution in [3.8, 4) is 5.75 Å². The number of carbonyl (C=O) groups excluding carboxylic acids is 1. The van der Waals surface area contributed by atoms with E-state index in [0.29, 0.717) is 0 Å². The number of hydrazone groups is 1. The molecule has 0 spiro atoms. The first kappa shape index (κ1) is 16.9. The molecule has 0 saturated carbocycles. The summed E-state index contributed by atoms with van der Waals surface area (Å²) in [7, 11) is 1.58. The van der Waals surface area contributed by atoms with Crippen LogP contribution in [-0.4, -0.2) is 41.0 Å². The number of nitrogens with zero attached hydrogens (tertiary/aromatic N) is 2. The Kier molecular flexibility index (Phi) is 5.83. The first-order valence-corrected chi connectivity index (χ1v) is 6.97. The van der Waals surface area contributed by atoms with Crippen molar-refractivity contribution in [3.63, 3.8) is 0 Å². The number of hydrogen-bond acceptors (Lipinski definition) is 7. The quantitative estimate of drug-likeness (QED) is 0.395. The summed E-state index contributed by atoms with van der Waals surface area (Å²) in [5.74, 6) is 0.324. The van der Waals surface area contributed by atoms with Gasteiger partial charge in [-0.15, -0.1) is 5.10 Å². The number of amides is 1. The summed E-state index contributed by atoms with van der Waals surface area (Å²) in [6.07, 6.45) is 1.57. The largest absolute Gasteiger partial charge is 0.497 e. The van der Waals surface area contributed by atoms with E-state index >= 15 is 0 Å². The lowest BCUT2D eigenvalue weighted by Crippen LogP contribution is -2.28. The van der Waals surface area contributed by atoms with Crippen molar-refractivity contribution < 1.29 is 9.53 Å². The van der Waals surface area contributed by atoms with Crippen LogP contribution in [0.1, 0.15) is 12.0 Å². The molecule has 0 aliphatic rings. The average Bonchev–Trinajstić information content (AvgIpc) is 2.57. The minimum atomic E-state index is -0.698. The van der Waals surface area contributed by atoms with Crippen LogP contribution in [0.5, 0.6) is 5.75 Å². The van der Waals surface area contributed by atoms with Gasteiger partial charge in [-0.05, 0) is 29.8 Å². The van der Waals surface area contributed by atoms with Gasteiger partial charge in [0, 0.05) is 13.0 Å². The highest BCUT2D eigenvalue weighted by Crippen LogP contribution is 2.09. The van der Waals surface area contributed by atoms with Crippen LogP contribution in [0.25, 0.3) is 0 Å². The van der Waals surface area contributed by atoms with E-state index in [1.807, 2.05) is 4.98 Å². The van der Waals surface area contributed by atoms with Crippen molar-refractivity contribution in [1.29, 1.82) is 0 Å². The smallest absolute Gasteiger partial charge is 0.342 e. The molecule has 126 valence electrons. The molecule has 1 heterocycles. The Balaban J connectivity index is 1.75. The standard InChI is InChI=1S/C14H16N6O4/c1-24-10-4-2-9(3-5-10)8-16-18-11(21)6-7-15-12-13(22)17-14(23)20-19-12/h2-5,8H,6-7H2,1H3,(H,15,19)(H,18,21)(H2,17,20,22,23)/b16-8+. The maximum Gasteiger partial charge on any atom is 0.342 e. The number of hydrogen-bond donors (Lipinski definition) is 4. The Hall–Kier alpha value is -3.43. The molecule has 10 heteroatoms. The molecule has 1 aromatic carbocycles. The Morgan fingerprint density at radius 2 is 2.08 bits per heavy atom. The van der Waals surface area contributed by atoms with Crippen LogP contribution in [-0.2, 0) is 4.79 Å². The predicted molar refractivity (Wildman–Crippen MR) is 87.3 cm³/mol. The van der Waals surface area contributed by atoms with Crippen LogP contribution < -0.4 is 26.7 Å². The number of benzene rings is 1. The molecule has 0 unspecified atom stereocenters. The number of H-pyrrole nitrogens is 2. The predicted octanol–water partition coefficient (Wildman–Crippen LogP) is -0.581. The molecule has 0 bridgehead atoms. The monoisotopic (exact) mass is 332 g/mol. The highest BCUT2D eigenvalue weighted by atomic mass is 16.5. The van der Waals surface area contributed by atoms with Gasteiger partial charge in [0.15, 0.2) is 0 Å². The van der Waals surface area contributed by atoms with Crippen LogP contribution in [0.15, 0.2) is 39.0 Å². The molecule has 4 N–H and O–H groups in total. The Bertz CT molecular complexity index is 824. The van der Waals surface area contributed by atoms with E-state index in [2.05, 4.69) is 26.0 Å². The number of carbonyl (C=O) groups is 1. The summed E-state index contributed by atoms with van der Waals surface area (Å²) in [5.41, 5.74) is 1.81. The molecule has 0 atom stereocenters. The van der Waals surface area contributed by atoms with Crippen molar-refractivity contribution in [2.75, 3.05) is 19.0 Å². The second kappa shape index (κ2) is 8.27. The summed E-state index contributed by atoms with van der Waals surface area (Å²) in [4.78, 5) is 35.8. The molecular formula is C14H16N6O4. The van der Waals surface area contributed by atoms with Crippen LogP contribution in [0.3, 0.4) is 0 Å². The van der Waals surface area contributed by atoms with E-state index in [0.717, 1.165) is 11.3 Å². The summed E-state index contributed by atoms with van der Waals surface area (Å²) >= 11 is 0. The van der Waals surface area contributed by atoms with Gasteiger partial charge < -0.3 is 10.1 Å². The van der Waals surface area contributed by atoms with Gasteiger partial charge in [-0.3, -0.25) is 14.6 Å². The van der Waals surface area contributed by atoms with Crippen molar-refractivity contribution in [1.82, 2.24) is 20.6 Å². The van der Waals surface area contributed by atoms with Gasteiger partial charge in [-0.25, -0.2) is 15.3 Å². The summed E-state index contributed by atoms with van der Waals surface area (Å²) < 4.78 is 5.04. The first-order valence-electron chi connectivity index (χ1n) is 6.97. The molecule has 0 saturated heterocycles. The number of rotatable bonds is 7. The maximum atomic E-state index is 11.6. The number of anilines is 1. The average molecular weight is 332 g/mol. The van der Waals surface area contributed by atoms with Gasteiger partial charge in [-0.1, -0.05) is 0 Å². The van der Waals surface area contributed by atoms with Crippen molar-refractivity contribution in [2.24, 2.45) is 5.10 Å². The zero-order valence-electron chi connectivity index (χ0n) is 12.8. The van der Waals surface area contributed by atoms with Crippen LogP contribution in [0.4, 0.5) is 5.82 Å². The number of methoxy groups -OCH3 is 1. The molecule has 2 rings (SSSR count). The fourth-order valence-electron chi connectivity index (χ4n) is 1.69. The maximum absolute atomic E-state index is 11.6. The van der Waals surface area contributed by atoms with Gasteiger partial charge in [0.05, 0.1) is 13.3 Å². The Labute approximate surface area is 136 Å². The number of aromatic nitrogens is 3. The fraction of sp³-hybridized carbons (Fsp3) is 0.214. The molecule has 0 aliphatic carbocycles. The SMILES string of the molecule is COc1ccc(/C=N/NC(=O)CCNc2n[nH]c(=O)[nH]c2=O)cc1. The molecule has 24 heavy (non-hydrogen) atoms.